The fourth-order valence-electron chi connectivity index (χ4n) is 2.15. The van der Waals surface area contributed by atoms with Crippen LogP contribution in [0.1, 0.15) is 41.5 Å². The van der Waals surface area contributed by atoms with E-state index in [1.165, 1.54) is 31.4 Å². The summed E-state index contributed by atoms with van der Waals surface area (Å²) in [6, 6.07) is 9.89. The van der Waals surface area contributed by atoms with Gasteiger partial charge in [-0.25, -0.2) is 9.18 Å². The molecule has 0 fully saturated rings. The minimum atomic E-state index is -0.816. The summed E-state index contributed by atoms with van der Waals surface area (Å²) in [5.74, 6) is -2.07. The van der Waals surface area contributed by atoms with Crippen molar-refractivity contribution >= 4 is 23.3 Å². The largest absolute Gasteiger partial charge is 0.494 e. The molecule has 0 saturated heterocycles. The predicted octanol–water partition coefficient (Wildman–Crippen LogP) is 3.86. The number of hydrogen-bond donors (Lipinski definition) is 1. The summed E-state index contributed by atoms with van der Waals surface area (Å²) in [6.45, 7) is 4.90. The van der Waals surface area contributed by atoms with Gasteiger partial charge in [-0.3, -0.25) is 9.59 Å². The molecule has 0 aliphatic heterocycles. The molecule has 2 rings (SSSR count). The van der Waals surface area contributed by atoms with E-state index in [0.717, 1.165) is 6.07 Å². The number of hydrogen-bond acceptors (Lipinski definition) is 5. The molecule has 2 aromatic carbocycles. The van der Waals surface area contributed by atoms with E-state index in [4.69, 9.17) is 9.47 Å². The van der Waals surface area contributed by atoms with Crippen molar-refractivity contribution in [2.24, 2.45) is 5.41 Å². The summed E-state index contributed by atoms with van der Waals surface area (Å²) in [7, 11) is 1.31. The third kappa shape index (κ3) is 5.39. The van der Waals surface area contributed by atoms with Crippen molar-refractivity contribution in [2.75, 3.05) is 19.0 Å². The number of methoxy groups -OCH3 is 1. The van der Waals surface area contributed by atoms with Crippen molar-refractivity contribution in [1.29, 1.82) is 0 Å². The zero-order chi connectivity index (χ0) is 20.9. The number of rotatable bonds is 6. The molecule has 0 aliphatic carbocycles. The van der Waals surface area contributed by atoms with E-state index in [1.54, 1.807) is 32.9 Å². The molecule has 28 heavy (non-hydrogen) atoms. The number of carbonyl (C=O) groups excluding carboxylic acids is 3. The van der Waals surface area contributed by atoms with Gasteiger partial charge in [-0.2, -0.15) is 0 Å². The lowest BCUT2D eigenvalue weighted by Crippen LogP contribution is -2.27. The van der Waals surface area contributed by atoms with E-state index in [1.807, 2.05) is 0 Å². The zero-order valence-electron chi connectivity index (χ0n) is 16.2. The van der Waals surface area contributed by atoms with Crippen molar-refractivity contribution in [3.8, 4) is 5.75 Å². The second-order valence-corrected chi connectivity index (χ2v) is 7.13. The molecule has 6 nitrogen and oxygen atoms in total. The molecule has 1 amide bonds. The first-order chi connectivity index (χ1) is 13.1. The van der Waals surface area contributed by atoms with E-state index < -0.39 is 29.6 Å². The minimum Gasteiger partial charge on any atom is -0.494 e. The summed E-state index contributed by atoms with van der Waals surface area (Å²) in [5, 5.41) is 2.75. The average molecular weight is 387 g/mol. The summed E-state index contributed by atoms with van der Waals surface area (Å²) >= 11 is 0. The maximum Gasteiger partial charge on any atom is 0.338 e. The molecular weight excluding hydrogens is 365 g/mol. The molecule has 148 valence electrons. The number of carbonyl (C=O) groups is 3. The Balaban J connectivity index is 1.95. The quantitative estimate of drug-likeness (QED) is 0.601. The highest BCUT2D eigenvalue weighted by molar-refractivity contribution is 6.00. The SMILES string of the molecule is COc1ccc(C(=O)OCC(=O)c2ccc(NC(=O)C(C)(C)C)cc2)cc1F. The Kier molecular flexibility index (Phi) is 6.51. The average Bonchev–Trinajstić information content (AvgIpc) is 2.65. The van der Waals surface area contributed by atoms with Gasteiger partial charge in [-0.15, -0.1) is 0 Å². The Labute approximate surface area is 162 Å². The predicted molar refractivity (Wildman–Crippen MR) is 102 cm³/mol. The number of esters is 1. The molecular formula is C21H22FNO5. The van der Waals surface area contributed by atoms with Gasteiger partial charge in [0.25, 0.3) is 0 Å². The van der Waals surface area contributed by atoms with Crippen LogP contribution in [0.5, 0.6) is 5.75 Å². The van der Waals surface area contributed by atoms with Crippen LogP contribution in [0.3, 0.4) is 0 Å². The fraction of sp³-hybridized carbons (Fsp3) is 0.286. The highest BCUT2D eigenvalue weighted by atomic mass is 19.1. The Hall–Kier alpha value is -3.22. The molecule has 0 unspecified atom stereocenters. The van der Waals surface area contributed by atoms with Crippen LogP contribution in [0, 0.1) is 11.2 Å². The van der Waals surface area contributed by atoms with Gasteiger partial charge in [0.05, 0.1) is 12.7 Å². The summed E-state index contributed by atoms with van der Waals surface area (Å²) in [5.41, 5.74) is 0.319. The number of amides is 1. The Morgan fingerprint density at radius 1 is 1.00 bits per heavy atom. The standard InChI is InChI=1S/C21H22FNO5/c1-21(2,3)20(26)23-15-8-5-13(6-9-15)17(24)12-28-19(25)14-7-10-18(27-4)16(22)11-14/h5-11H,12H2,1-4H3,(H,23,26). The highest BCUT2D eigenvalue weighted by Crippen LogP contribution is 2.19. The van der Waals surface area contributed by atoms with Crippen molar-refractivity contribution in [2.45, 2.75) is 20.8 Å². The van der Waals surface area contributed by atoms with Gasteiger partial charge in [0.15, 0.2) is 24.0 Å². The van der Waals surface area contributed by atoms with Crippen molar-refractivity contribution in [3.63, 3.8) is 0 Å². The van der Waals surface area contributed by atoms with E-state index in [2.05, 4.69) is 5.32 Å². The summed E-state index contributed by atoms with van der Waals surface area (Å²) in [6.07, 6.45) is 0. The number of nitrogens with one attached hydrogen (secondary N) is 1. The fourth-order valence-corrected chi connectivity index (χ4v) is 2.15. The summed E-state index contributed by atoms with van der Waals surface area (Å²) < 4.78 is 23.4. The van der Waals surface area contributed by atoms with Crippen LogP contribution in [0.25, 0.3) is 0 Å². The minimum absolute atomic E-state index is 0.00580. The zero-order valence-corrected chi connectivity index (χ0v) is 16.2. The van der Waals surface area contributed by atoms with Gasteiger partial charge < -0.3 is 14.8 Å². The van der Waals surface area contributed by atoms with Gasteiger partial charge in [0.2, 0.25) is 5.91 Å². The van der Waals surface area contributed by atoms with Crippen LogP contribution in [0.4, 0.5) is 10.1 Å². The number of halogens is 1. The van der Waals surface area contributed by atoms with Crippen molar-refractivity contribution in [1.82, 2.24) is 0 Å². The molecule has 0 radical (unpaired) electrons. The Morgan fingerprint density at radius 3 is 2.14 bits per heavy atom. The molecule has 0 saturated carbocycles. The second-order valence-electron chi connectivity index (χ2n) is 7.13. The van der Waals surface area contributed by atoms with Crippen LogP contribution in [0.15, 0.2) is 42.5 Å². The van der Waals surface area contributed by atoms with Crippen molar-refractivity contribution in [3.05, 3.63) is 59.4 Å². The second kappa shape index (κ2) is 8.65. The van der Waals surface area contributed by atoms with Crippen LogP contribution < -0.4 is 10.1 Å². The van der Waals surface area contributed by atoms with E-state index >= 15 is 0 Å². The third-order valence-corrected chi connectivity index (χ3v) is 3.87. The van der Waals surface area contributed by atoms with Gasteiger partial charge in [-0.1, -0.05) is 20.8 Å². The van der Waals surface area contributed by atoms with Crippen LogP contribution in [-0.2, 0) is 9.53 Å². The monoisotopic (exact) mass is 387 g/mol. The summed E-state index contributed by atoms with van der Waals surface area (Å²) in [4.78, 5) is 36.1. The first kappa shape index (κ1) is 21.1. The lowest BCUT2D eigenvalue weighted by molar-refractivity contribution is -0.123. The molecule has 0 atom stereocenters. The lowest BCUT2D eigenvalue weighted by Gasteiger charge is -2.17. The van der Waals surface area contributed by atoms with Gasteiger partial charge in [-0.05, 0) is 42.5 Å². The Bertz CT molecular complexity index is 885. The van der Waals surface area contributed by atoms with Gasteiger partial charge in [0, 0.05) is 16.7 Å². The molecule has 0 aromatic heterocycles. The third-order valence-electron chi connectivity index (χ3n) is 3.87. The van der Waals surface area contributed by atoms with Gasteiger partial charge >= 0.3 is 5.97 Å². The number of ketones is 1. The van der Waals surface area contributed by atoms with E-state index in [9.17, 15) is 18.8 Å². The van der Waals surface area contributed by atoms with E-state index in [-0.39, 0.29) is 17.2 Å². The van der Waals surface area contributed by atoms with Gasteiger partial charge in [0.1, 0.15) is 0 Å². The normalized spacial score (nSPS) is 10.9. The van der Waals surface area contributed by atoms with Crippen LogP contribution in [-0.4, -0.2) is 31.4 Å². The molecule has 0 bridgehead atoms. The van der Waals surface area contributed by atoms with Crippen molar-refractivity contribution < 1.29 is 28.2 Å². The number of benzene rings is 2. The molecule has 0 aliphatic rings. The number of anilines is 1. The first-order valence-electron chi connectivity index (χ1n) is 8.57. The number of Topliss-reactive ketones (excluding diaryl/α,β-unsaturated/α-hetero) is 1. The topological polar surface area (TPSA) is 81.7 Å². The molecule has 0 spiro atoms. The maximum atomic E-state index is 13.6. The molecule has 7 heteroatoms. The first-order valence-corrected chi connectivity index (χ1v) is 8.57. The van der Waals surface area contributed by atoms with Crippen LogP contribution in [0.2, 0.25) is 0 Å². The molecule has 2 aromatic rings. The number of ether oxygens (including phenoxy) is 2. The highest BCUT2D eigenvalue weighted by Gasteiger charge is 2.21. The van der Waals surface area contributed by atoms with E-state index in [0.29, 0.717) is 11.3 Å². The maximum absolute atomic E-state index is 13.6. The molecule has 0 heterocycles. The molecule has 1 N–H and O–H groups in total. The Morgan fingerprint density at radius 2 is 1.61 bits per heavy atom. The van der Waals surface area contributed by atoms with Crippen LogP contribution >= 0.6 is 0 Å². The smallest absolute Gasteiger partial charge is 0.338 e. The lowest BCUT2D eigenvalue weighted by atomic mass is 9.95.